The molecule has 3 aromatic rings. The van der Waals surface area contributed by atoms with E-state index in [1.165, 1.54) is 12.1 Å². The summed E-state index contributed by atoms with van der Waals surface area (Å²) >= 11 is 5.99. The molecule has 0 saturated carbocycles. The summed E-state index contributed by atoms with van der Waals surface area (Å²) in [5, 5.41) is 21.4. The highest BCUT2D eigenvalue weighted by molar-refractivity contribution is 6.31. The number of nitrogens with one attached hydrogen (secondary N) is 1. The van der Waals surface area contributed by atoms with Gasteiger partial charge in [0.05, 0.1) is 4.92 Å². The average Bonchev–Trinajstić information content (AvgIpc) is 2.84. The molecule has 6 heteroatoms. The van der Waals surface area contributed by atoms with Crippen LogP contribution in [0.15, 0.2) is 42.5 Å². The van der Waals surface area contributed by atoms with Crippen LogP contribution < -0.4 is 0 Å². The topological polar surface area (TPSA) is 82.7 Å². The molecule has 1 aromatic heterocycles. The first-order valence-corrected chi connectivity index (χ1v) is 6.44. The lowest BCUT2D eigenvalue weighted by Crippen LogP contribution is -1.87. The standard InChI is InChI=1S/C15H8ClN3O2/c16-10-3-1-2-9(6-10)15-12-7-11(19(20)21)4-5-13(12)18-14(15)8-17/h1-7,18H. The Morgan fingerprint density at radius 1 is 1.24 bits per heavy atom. The second-order valence-electron chi connectivity index (χ2n) is 4.48. The maximum atomic E-state index is 10.9. The van der Waals surface area contributed by atoms with Crippen molar-refractivity contribution >= 4 is 28.2 Å². The SMILES string of the molecule is N#Cc1[nH]c2ccc([N+](=O)[O-])cc2c1-c1cccc(Cl)c1. The third kappa shape index (κ3) is 2.22. The molecule has 0 aliphatic carbocycles. The lowest BCUT2D eigenvalue weighted by atomic mass is 10.0. The van der Waals surface area contributed by atoms with Gasteiger partial charge in [0, 0.05) is 33.6 Å². The zero-order chi connectivity index (χ0) is 15.0. The van der Waals surface area contributed by atoms with Gasteiger partial charge in [0.1, 0.15) is 11.8 Å². The van der Waals surface area contributed by atoms with E-state index in [-0.39, 0.29) is 5.69 Å². The minimum atomic E-state index is -0.458. The number of hydrogen-bond acceptors (Lipinski definition) is 3. The molecule has 0 spiro atoms. The molecule has 102 valence electrons. The van der Waals surface area contributed by atoms with E-state index in [0.29, 0.717) is 27.2 Å². The molecule has 0 atom stereocenters. The van der Waals surface area contributed by atoms with E-state index in [1.54, 1.807) is 24.3 Å². The van der Waals surface area contributed by atoms with Gasteiger partial charge < -0.3 is 4.98 Å². The summed E-state index contributed by atoms with van der Waals surface area (Å²) in [5.74, 6) is 0. The van der Waals surface area contributed by atoms with E-state index in [2.05, 4.69) is 11.1 Å². The molecule has 0 amide bonds. The fraction of sp³-hybridized carbons (Fsp3) is 0. The zero-order valence-corrected chi connectivity index (χ0v) is 11.4. The first-order valence-electron chi connectivity index (χ1n) is 6.06. The predicted octanol–water partition coefficient (Wildman–Crippen LogP) is 4.27. The number of non-ortho nitro benzene ring substituents is 1. The molecule has 3 rings (SSSR count). The second kappa shape index (κ2) is 4.93. The fourth-order valence-electron chi connectivity index (χ4n) is 2.32. The minimum absolute atomic E-state index is 0.0192. The molecule has 0 aliphatic rings. The Hall–Kier alpha value is -2.84. The average molecular weight is 298 g/mol. The van der Waals surface area contributed by atoms with Crippen molar-refractivity contribution in [2.75, 3.05) is 0 Å². The van der Waals surface area contributed by atoms with Crippen molar-refractivity contribution in [1.82, 2.24) is 4.98 Å². The van der Waals surface area contributed by atoms with E-state index in [1.807, 2.05) is 6.07 Å². The molecule has 0 saturated heterocycles. The molecule has 5 nitrogen and oxygen atoms in total. The number of rotatable bonds is 2. The Labute approximate surface area is 124 Å². The van der Waals surface area contributed by atoms with Gasteiger partial charge in [-0.05, 0) is 23.8 Å². The van der Waals surface area contributed by atoms with Gasteiger partial charge in [-0.1, -0.05) is 23.7 Å². The monoisotopic (exact) mass is 297 g/mol. The van der Waals surface area contributed by atoms with Gasteiger partial charge in [-0.2, -0.15) is 5.26 Å². The number of halogens is 1. The summed E-state index contributed by atoms with van der Waals surface area (Å²) in [7, 11) is 0. The van der Waals surface area contributed by atoms with Crippen LogP contribution in [0, 0.1) is 21.4 Å². The molecule has 0 unspecified atom stereocenters. The van der Waals surface area contributed by atoms with E-state index in [9.17, 15) is 15.4 Å². The van der Waals surface area contributed by atoms with E-state index in [4.69, 9.17) is 11.6 Å². The third-order valence-corrected chi connectivity index (χ3v) is 3.45. The Morgan fingerprint density at radius 3 is 2.71 bits per heavy atom. The van der Waals surface area contributed by atoms with Crippen molar-refractivity contribution in [3.8, 4) is 17.2 Å². The highest BCUT2D eigenvalue weighted by Gasteiger charge is 2.16. The number of aromatic amines is 1. The highest BCUT2D eigenvalue weighted by atomic mass is 35.5. The molecule has 0 aliphatic heterocycles. The van der Waals surface area contributed by atoms with E-state index < -0.39 is 4.92 Å². The molecular weight excluding hydrogens is 290 g/mol. The molecule has 2 aromatic carbocycles. The lowest BCUT2D eigenvalue weighted by Gasteiger charge is -2.01. The molecule has 1 heterocycles. The smallest absolute Gasteiger partial charge is 0.270 e. The van der Waals surface area contributed by atoms with Crippen molar-refractivity contribution in [2.45, 2.75) is 0 Å². The Bertz CT molecular complexity index is 909. The molecule has 0 fully saturated rings. The fourth-order valence-corrected chi connectivity index (χ4v) is 2.51. The largest absolute Gasteiger partial charge is 0.346 e. The van der Waals surface area contributed by atoms with Crippen LogP contribution in [0.4, 0.5) is 5.69 Å². The normalized spacial score (nSPS) is 10.5. The Kier molecular flexibility index (Phi) is 3.09. The number of nitro groups is 1. The van der Waals surface area contributed by atoms with Gasteiger partial charge in [-0.15, -0.1) is 0 Å². The number of benzene rings is 2. The molecular formula is C15H8ClN3O2. The predicted molar refractivity (Wildman–Crippen MR) is 80.1 cm³/mol. The number of nitriles is 1. The van der Waals surface area contributed by atoms with Crippen LogP contribution in [0.2, 0.25) is 5.02 Å². The van der Waals surface area contributed by atoms with Crippen molar-refractivity contribution in [1.29, 1.82) is 5.26 Å². The minimum Gasteiger partial charge on any atom is -0.346 e. The summed E-state index contributed by atoms with van der Waals surface area (Å²) < 4.78 is 0. The highest BCUT2D eigenvalue weighted by Crippen LogP contribution is 2.35. The first-order chi connectivity index (χ1) is 10.1. The zero-order valence-electron chi connectivity index (χ0n) is 10.6. The number of nitrogens with zero attached hydrogens (tertiary/aromatic N) is 2. The molecule has 0 radical (unpaired) electrons. The van der Waals surface area contributed by atoms with Crippen molar-refractivity contribution in [3.63, 3.8) is 0 Å². The molecule has 21 heavy (non-hydrogen) atoms. The summed E-state index contributed by atoms with van der Waals surface area (Å²) in [6.07, 6.45) is 0. The maximum absolute atomic E-state index is 10.9. The summed E-state index contributed by atoms with van der Waals surface area (Å²) in [4.78, 5) is 13.4. The summed E-state index contributed by atoms with van der Waals surface area (Å²) in [6.45, 7) is 0. The van der Waals surface area contributed by atoms with Crippen molar-refractivity contribution in [3.05, 3.63) is 63.3 Å². The van der Waals surface area contributed by atoms with Gasteiger partial charge in [-0.25, -0.2) is 0 Å². The van der Waals surface area contributed by atoms with Crippen LogP contribution in [-0.2, 0) is 0 Å². The number of hydrogen-bond donors (Lipinski definition) is 1. The Morgan fingerprint density at radius 2 is 2.05 bits per heavy atom. The second-order valence-corrected chi connectivity index (χ2v) is 4.92. The van der Waals surface area contributed by atoms with Gasteiger partial charge >= 0.3 is 0 Å². The van der Waals surface area contributed by atoms with E-state index >= 15 is 0 Å². The summed E-state index contributed by atoms with van der Waals surface area (Å²) in [6, 6.07) is 13.6. The number of fused-ring (bicyclic) bond motifs is 1. The number of H-pyrrole nitrogens is 1. The third-order valence-electron chi connectivity index (χ3n) is 3.22. The Balaban J connectivity index is 2.36. The first kappa shape index (κ1) is 13.2. The van der Waals surface area contributed by atoms with Crippen LogP contribution >= 0.6 is 11.6 Å². The van der Waals surface area contributed by atoms with Crippen LogP contribution in [0.1, 0.15) is 5.69 Å². The van der Waals surface area contributed by atoms with Crippen LogP contribution in [-0.4, -0.2) is 9.91 Å². The van der Waals surface area contributed by atoms with Crippen LogP contribution in [0.25, 0.3) is 22.0 Å². The van der Waals surface area contributed by atoms with Gasteiger partial charge in [0.2, 0.25) is 0 Å². The molecule has 1 N–H and O–H groups in total. The van der Waals surface area contributed by atoms with Gasteiger partial charge in [0.25, 0.3) is 5.69 Å². The number of nitro benzene ring substituents is 1. The van der Waals surface area contributed by atoms with Gasteiger partial charge in [-0.3, -0.25) is 10.1 Å². The van der Waals surface area contributed by atoms with Crippen molar-refractivity contribution < 1.29 is 4.92 Å². The molecule has 0 bridgehead atoms. The summed E-state index contributed by atoms with van der Waals surface area (Å²) in [5.41, 5.74) is 2.37. The number of aromatic nitrogens is 1. The maximum Gasteiger partial charge on any atom is 0.270 e. The van der Waals surface area contributed by atoms with Crippen LogP contribution in [0.3, 0.4) is 0 Å². The van der Waals surface area contributed by atoms with E-state index in [0.717, 1.165) is 5.56 Å². The van der Waals surface area contributed by atoms with Crippen molar-refractivity contribution in [2.24, 2.45) is 0 Å². The lowest BCUT2D eigenvalue weighted by molar-refractivity contribution is -0.384. The van der Waals surface area contributed by atoms with Gasteiger partial charge in [0.15, 0.2) is 0 Å². The quantitative estimate of drug-likeness (QED) is 0.566. The van der Waals surface area contributed by atoms with Crippen LogP contribution in [0.5, 0.6) is 0 Å².